The Balaban J connectivity index is 1.99. The third-order valence-electron chi connectivity index (χ3n) is 2.89. The minimum Gasteiger partial charge on any atom is -0.350 e. The van der Waals surface area contributed by atoms with Crippen LogP contribution >= 0.6 is 31.9 Å². The molecule has 0 spiro atoms. The van der Waals surface area contributed by atoms with Gasteiger partial charge in [0.05, 0.1) is 5.56 Å². The summed E-state index contributed by atoms with van der Waals surface area (Å²) in [6, 6.07) is 14.9. The van der Waals surface area contributed by atoms with E-state index in [4.69, 9.17) is 5.73 Å². The van der Waals surface area contributed by atoms with Crippen molar-refractivity contribution in [3.8, 4) is 0 Å². The van der Waals surface area contributed by atoms with E-state index in [0.717, 1.165) is 14.5 Å². The molecular weight excluding hydrogens is 384 g/mol. The molecule has 0 fully saturated rings. The quantitative estimate of drug-likeness (QED) is 0.827. The molecule has 104 valence electrons. The van der Waals surface area contributed by atoms with Gasteiger partial charge in [0, 0.05) is 21.5 Å². The molecule has 1 atom stereocenters. The molecule has 2 aromatic rings. The van der Waals surface area contributed by atoms with E-state index in [1.54, 1.807) is 6.07 Å². The molecule has 0 aliphatic heterocycles. The molecule has 3 N–H and O–H groups in total. The number of nitrogens with two attached hydrogens (primary N) is 1. The van der Waals surface area contributed by atoms with Crippen LogP contribution in [-0.4, -0.2) is 12.5 Å². The number of carbonyl (C=O) groups excluding carboxylic acids is 1. The summed E-state index contributed by atoms with van der Waals surface area (Å²) in [5.41, 5.74) is 7.64. The van der Waals surface area contributed by atoms with Gasteiger partial charge in [0.1, 0.15) is 0 Å². The number of halogens is 2. The van der Waals surface area contributed by atoms with Crippen molar-refractivity contribution in [2.45, 2.75) is 6.04 Å². The van der Waals surface area contributed by atoms with Gasteiger partial charge in [0.2, 0.25) is 0 Å². The molecule has 2 aromatic carbocycles. The van der Waals surface area contributed by atoms with Crippen LogP contribution in [0.1, 0.15) is 22.0 Å². The summed E-state index contributed by atoms with van der Waals surface area (Å²) in [6.07, 6.45) is 0. The highest BCUT2D eigenvalue weighted by molar-refractivity contribution is 9.11. The predicted molar refractivity (Wildman–Crippen MR) is 87.5 cm³/mol. The molecule has 20 heavy (non-hydrogen) atoms. The van der Waals surface area contributed by atoms with Crippen LogP contribution < -0.4 is 11.1 Å². The van der Waals surface area contributed by atoms with Crippen LogP contribution in [0.25, 0.3) is 0 Å². The summed E-state index contributed by atoms with van der Waals surface area (Å²) in [5, 5.41) is 2.85. The SMILES string of the molecule is NC(CNC(=O)c1ccc(Br)cc1Br)c1ccccc1. The number of benzene rings is 2. The van der Waals surface area contributed by atoms with E-state index >= 15 is 0 Å². The molecule has 0 heterocycles. The molecule has 2 rings (SSSR count). The molecule has 0 saturated carbocycles. The van der Waals surface area contributed by atoms with Crippen molar-refractivity contribution < 1.29 is 4.79 Å². The van der Waals surface area contributed by atoms with E-state index in [2.05, 4.69) is 37.2 Å². The highest BCUT2D eigenvalue weighted by atomic mass is 79.9. The average molecular weight is 398 g/mol. The van der Waals surface area contributed by atoms with E-state index in [9.17, 15) is 4.79 Å². The Morgan fingerprint density at radius 3 is 2.50 bits per heavy atom. The third kappa shape index (κ3) is 3.91. The van der Waals surface area contributed by atoms with E-state index in [-0.39, 0.29) is 11.9 Å². The first-order valence-corrected chi connectivity index (χ1v) is 7.70. The lowest BCUT2D eigenvalue weighted by Crippen LogP contribution is -2.32. The van der Waals surface area contributed by atoms with Crippen LogP contribution in [0.3, 0.4) is 0 Å². The Hall–Kier alpha value is -1.17. The van der Waals surface area contributed by atoms with Gasteiger partial charge >= 0.3 is 0 Å². The molecule has 0 aliphatic carbocycles. The molecule has 0 aromatic heterocycles. The maximum Gasteiger partial charge on any atom is 0.252 e. The minimum atomic E-state index is -0.214. The molecule has 0 radical (unpaired) electrons. The fourth-order valence-electron chi connectivity index (χ4n) is 1.79. The van der Waals surface area contributed by atoms with Gasteiger partial charge in [-0.15, -0.1) is 0 Å². The predicted octanol–water partition coefficient (Wildman–Crippen LogP) is 3.64. The largest absolute Gasteiger partial charge is 0.350 e. The fraction of sp³-hybridized carbons (Fsp3) is 0.133. The summed E-state index contributed by atoms with van der Waals surface area (Å²) in [6.45, 7) is 0.394. The van der Waals surface area contributed by atoms with Crippen molar-refractivity contribution in [2.75, 3.05) is 6.54 Å². The second-order valence-electron chi connectivity index (χ2n) is 4.35. The first kappa shape index (κ1) is 15.2. The average Bonchev–Trinajstić information content (AvgIpc) is 2.45. The van der Waals surface area contributed by atoms with Gasteiger partial charge in [0.15, 0.2) is 0 Å². The monoisotopic (exact) mass is 396 g/mol. The number of rotatable bonds is 4. The van der Waals surface area contributed by atoms with E-state index in [0.29, 0.717) is 12.1 Å². The van der Waals surface area contributed by atoms with Crippen LogP contribution in [0.15, 0.2) is 57.5 Å². The van der Waals surface area contributed by atoms with Crippen LogP contribution in [0, 0.1) is 0 Å². The van der Waals surface area contributed by atoms with Crippen molar-refractivity contribution in [1.82, 2.24) is 5.32 Å². The van der Waals surface area contributed by atoms with Crippen LogP contribution in [-0.2, 0) is 0 Å². The molecule has 1 unspecified atom stereocenters. The smallest absolute Gasteiger partial charge is 0.252 e. The van der Waals surface area contributed by atoms with Crippen molar-refractivity contribution in [3.05, 3.63) is 68.6 Å². The Labute approximate surface area is 134 Å². The molecule has 0 bridgehead atoms. The highest BCUT2D eigenvalue weighted by Crippen LogP contribution is 2.22. The van der Waals surface area contributed by atoms with Gasteiger partial charge in [-0.25, -0.2) is 0 Å². The van der Waals surface area contributed by atoms with Crippen LogP contribution in [0.4, 0.5) is 0 Å². The zero-order valence-corrected chi connectivity index (χ0v) is 13.8. The maximum absolute atomic E-state index is 12.1. The normalized spacial score (nSPS) is 11.9. The summed E-state index contributed by atoms with van der Waals surface area (Å²) in [5.74, 6) is -0.143. The van der Waals surface area contributed by atoms with Crippen molar-refractivity contribution in [3.63, 3.8) is 0 Å². The summed E-state index contributed by atoms with van der Waals surface area (Å²) in [7, 11) is 0. The van der Waals surface area contributed by atoms with E-state index in [1.807, 2.05) is 42.5 Å². The maximum atomic E-state index is 12.1. The van der Waals surface area contributed by atoms with Crippen molar-refractivity contribution in [2.24, 2.45) is 5.73 Å². The number of amides is 1. The topological polar surface area (TPSA) is 55.1 Å². The third-order valence-corrected chi connectivity index (χ3v) is 4.04. The van der Waals surface area contributed by atoms with Crippen LogP contribution in [0.5, 0.6) is 0 Å². The molecule has 3 nitrogen and oxygen atoms in total. The minimum absolute atomic E-state index is 0.143. The summed E-state index contributed by atoms with van der Waals surface area (Å²) >= 11 is 6.73. The summed E-state index contributed by atoms with van der Waals surface area (Å²) in [4.78, 5) is 12.1. The lowest BCUT2D eigenvalue weighted by atomic mass is 10.1. The van der Waals surface area contributed by atoms with Gasteiger partial charge in [-0.05, 0) is 39.7 Å². The highest BCUT2D eigenvalue weighted by Gasteiger charge is 2.12. The molecule has 5 heteroatoms. The first-order chi connectivity index (χ1) is 9.58. The number of hydrogen-bond acceptors (Lipinski definition) is 2. The Kier molecular flexibility index (Phi) is 5.34. The molecule has 0 saturated heterocycles. The van der Waals surface area contributed by atoms with Gasteiger partial charge in [-0.2, -0.15) is 0 Å². The van der Waals surface area contributed by atoms with Gasteiger partial charge < -0.3 is 11.1 Å². The number of carbonyl (C=O) groups is 1. The van der Waals surface area contributed by atoms with E-state index < -0.39 is 0 Å². The molecule has 0 aliphatic rings. The second kappa shape index (κ2) is 7.02. The lowest BCUT2D eigenvalue weighted by molar-refractivity contribution is 0.0950. The van der Waals surface area contributed by atoms with Gasteiger partial charge in [-0.1, -0.05) is 46.3 Å². The van der Waals surface area contributed by atoms with E-state index in [1.165, 1.54) is 0 Å². The van der Waals surface area contributed by atoms with Crippen molar-refractivity contribution in [1.29, 1.82) is 0 Å². The standard InChI is InChI=1S/C15H14Br2N2O/c16-11-6-7-12(13(17)8-11)15(20)19-9-14(18)10-4-2-1-3-5-10/h1-8,14H,9,18H2,(H,19,20). The second-order valence-corrected chi connectivity index (χ2v) is 6.12. The molecule has 1 amide bonds. The molecular formula is C15H14Br2N2O. The zero-order chi connectivity index (χ0) is 14.5. The van der Waals surface area contributed by atoms with Crippen LogP contribution in [0.2, 0.25) is 0 Å². The van der Waals surface area contributed by atoms with Gasteiger partial charge in [-0.3, -0.25) is 4.79 Å². The van der Waals surface area contributed by atoms with Gasteiger partial charge in [0.25, 0.3) is 5.91 Å². The van der Waals surface area contributed by atoms with Crippen molar-refractivity contribution >= 4 is 37.8 Å². The lowest BCUT2D eigenvalue weighted by Gasteiger charge is -2.13. The first-order valence-electron chi connectivity index (χ1n) is 6.11. The number of hydrogen-bond donors (Lipinski definition) is 2. The summed E-state index contributed by atoms with van der Waals surface area (Å²) < 4.78 is 1.67. The Morgan fingerprint density at radius 1 is 1.15 bits per heavy atom. The Morgan fingerprint density at radius 2 is 1.85 bits per heavy atom. The fourth-order valence-corrected chi connectivity index (χ4v) is 3.02. The zero-order valence-electron chi connectivity index (χ0n) is 10.6. The Bertz CT molecular complexity index is 602. The number of nitrogens with one attached hydrogen (secondary N) is 1.